The molecule has 0 N–H and O–H groups in total. The van der Waals surface area contributed by atoms with E-state index in [0.29, 0.717) is 12.1 Å². The van der Waals surface area contributed by atoms with Gasteiger partial charge in [0.1, 0.15) is 0 Å². The van der Waals surface area contributed by atoms with Crippen molar-refractivity contribution in [3.63, 3.8) is 0 Å². The lowest BCUT2D eigenvalue weighted by molar-refractivity contribution is 0.0778. The maximum atomic E-state index is 12.8. The topological polar surface area (TPSA) is 45.6 Å². The Morgan fingerprint density at radius 1 is 1.12 bits per heavy atom. The third-order valence-corrected chi connectivity index (χ3v) is 5.09. The average molecular weight is 347 g/mol. The number of pyridine rings is 1. The Balaban J connectivity index is 1.63. The molecule has 0 unspecified atom stereocenters. The number of carbonyl (C=O) groups excluding carboxylic acids is 1. The van der Waals surface area contributed by atoms with Crippen LogP contribution in [-0.4, -0.2) is 34.4 Å². The second-order valence-electron chi connectivity index (χ2n) is 5.84. The maximum absolute atomic E-state index is 12.8. The monoisotopic (exact) mass is 347 g/mol. The standard InChI is InChI=1S/C20H17N3OS/c1-25-19-9-5-3-7-16(19)18-10-11-23(22-18)20(24)15-12-14-6-2-4-8-17(14)21-13-15/h2-9,12-13H,10-11H2,1H3. The van der Waals surface area contributed by atoms with Crippen LogP contribution in [0.5, 0.6) is 0 Å². The van der Waals surface area contributed by atoms with Crippen LogP contribution in [-0.2, 0) is 0 Å². The summed E-state index contributed by atoms with van der Waals surface area (Å²) < 4.78 is 0. The fourth-order valence-electron chi connectivity index (χ4n) is 3.01. The molecule has 3 aromatic rings. The third-order valence-electron chi connectivity index (χ3n) is 4.29. The van der Waals surface area contributed by atoms with E-state index in [4.69, 9.17) is 0 Å². The fraction of sp³-hybridized carbons (Fsp3) is 0.150. The molecule has 0 saturated carbocycles. The van der Waals surface area contributed by atoms with Crippen molar-refractivity contribution in [1.29, 1.82) is 0 Å². The average Bonchev–Trinajstić information content (AvgIpc) is 3.17. The molecule has 0 bridgehead atoms. The van der Waals surface area contributed by atoms with Gasteiger partial charge < -0.3 is 0 Å². The minimum Gasteiger partial charge on any atom is -0.267 e. The summed E-state index contributed by atoms with van der Waals surface area (Å²) in [7, 11) is 0. The zero-order valence-electron chi connectivity index (χ0n) is 13.8. The Labute approximate surface area is 150 Å². The summed E-state index contributed by atoms with van der Waals surface area (Å²) in [5.41, 5.74) is 3.54. The molecule has 5 heteroatoms. The molecular weight excluding hydrogens is 330 g/mol. The van der Waals surface area contributed by atoms with E-state index < -0.39 is 0 Å². The molecule has 2 aromatic carbocycles. The highest BCUT2D eigenvalue weighted by molar-refractivity contribution is 7.98. The van der Waals surface area contributed by atoms with E-state index in [1.54, 1.807) is 23.0 Å². The molecule has 4 nitrogen and oxygen atoms in total. The summed E-state index contributed by atoms with van der Waals surface area (Å²) >= 11 is 1.70. The van der Waals surface area contributed by atoms with Crippen LogP contribution < -0.4 is 0 Å². The van der Waals surface area contributed by atoms with Gasteiger partial charge in [-0.05, 0) is 24.5 Å². The van der Waals surface area contributed by atoms with Gasteiger partial charge in [0.25, 0.3) is 5.91 Å². The minimum absolute atomic E-state index is 0.102. The number of benzene rings is 2. The largest absolute Gasteiger partial charge is 0.275 e. The van der Waals surface area contributed by atoms with Gasteiger partial charge in [0.2, 0.25) is 0 Å². The molecule has 0 aliphatic carbocycles. The SMILES string of the molecule is CSc1ccccc1C1=NN(C(=O)c2cnc3ccccc3c2)CC1. The van der Waals surface area contributed by atoms with E-state index in [-0.39, 0.29) is 5.91 Å². The molecular formula is C20H17N3OS. The summed E-state index contributed by atoms with van der Waals surface area (Å²) in [5.74, 6) is -0.102. The first-order valence-corrected chi connectivity index (χ1v) is 9.36. The second-order valence-corrected chi connectivity index (χ2v) is 6.69. The summed E-state index contributed by atoms with van der Waals surface area (Å²) in [6.45, 7) is 0.601. The van der Waals surface area contributed by atoms with Crippen molar-refractivity contribution in [3.05, 3.63) is 71.9 Å². The Morgan fingerprint density at radius 2 is 1.92 bits per heavy atom. The van der Waals surface area contributed by atoms with E-state index in [9.17, 15) is 4.79 Å². The molecule has 0 fully saturated rings. The Bertz CT molecular complexity index is 983. The molecule has 0 atom stereocenters. The lowest BCUT2D eigenvalue weighted by atomic mass is 10.1. The van der Waals surface area contributed by atoms with Gasteiger partial charge in [0, 0.05) is 28.5 Å². The maximum Gasteiger partial charge on any atom is 0.275 e. The summed E-state index contributed by atoms with van der Waals surface area (Å²) in [6.07, 6.45) is 4.45. The number of fused-ring (bicyclic) bond motifs is 1. The highest BCUT2D eigenvalue weighted by Crippen LogP contribution is 2.25. The number of hydrogen-bond donors (Lipinski definition) is 0. The molecule has 4 rings (SSSR count). The summed E-state index contributed by atoms with van der Waals surface area (Å²) in [5, 5.41) is 7.10. The lowest BCUT2D eigenvalue weighted by Crippen LogP contribution is -2.23. The van der Waals surface area contributed by atoms with Crippen LogP contribution in [0.1, 0.15) is 22.3 Å². The minimum atomic E-state index is -0.102. The van der Waals surface area contributed by atoms with E-state index in [1.807, 2.05) is 42.5 Å². The van der Waals surface area contributed by atoms with Crippen molar-refractivity contribution >= 4 is 34.3 Å². The molecule has 1 amide bonds. The number of amides is 1. The molecule has 0 saturated heterocycles. The van der Waals surface area contributed by atoms with Crippen molar-refractivity contribution in [2.75, 3.05) is 12.8 Å². The lowest BCUT2D eigenvalue weighted by Gasteiger charge is -2.11. The van der Waals surface area contributed by atoms with Crippen LogP contribution >= 0.6 is 11.8 Å². The predicted molar refractivity (Wildman–Crippen MR) is 102 cm³/mol. The highest BCUT2D eigenvalue weighted by atomic mass is 32.2. The normalized spacial score (nSPS) is 14.0. The zero-order chi connectivity index (χ0) is 17.2. The van der Waals surface area contributed by atoms with Crippen LogP contribution in [0.25, 0.3) is 10.9 Å². The predicted octanol–water partition coefficient (Wildman–Crippen LogP) is 4.21. The Morgan fingerprint density at radius 3 is 2.80 bits per heavy atom. The summed E-state index contributed by atoms with van der Waals surface area (Å²) in [6, 6.07) is 17.9. The number of carbonyl (C=O) groups is 1. The van der Waals surface area contributed by atoms with Gasteiger partial charge in [-0.25, -0.2) is 5.01 Å². The third kappa shape index (κ3) is 3.03. The van der Waals surface area contributed by atoms with E-state index in [2.05, 4.69) is 28.5 Å². The Hall–Kier alpha value is -2.66. The van der Waals surface area contributed by atoms with Gasteiger partial charge >= 0.3 is 0 Å². The van der Waals surface area contributed by atoms with Crippen LogP contribution in [0, 0.1) is 0 Å². The first-order valence-electron chi connectivity index (χ1n) is 8.14. The second kappa shape index (κ2) is 6.69. The highest BCUT2D eigenvalue weighted by Gasteiger charge is 2.24. The molecule has 1 aromatic heterocycles. The number of hydrazone groups is 1. The van der Waals surface area contributed by atoms with Gasteiger partial charge in [-0.2, -0.15) is 5.10 Å². The van der Waals surface area contributed by atoms with Crippen molar-refractivity contribution in [2.24, 2.45) is 5.10 Å². The van der Waals surface area contributed by atoms with Crippen LogP contribution in [0.15, 0.2) is 70.8 Å². The number of nitrogens with zero attached hydrogens (tertiary/aromatic N) is 3. The van der Waals surface area contributed by atoms with E-state index >= 15 is 0 Å². The van der Waals surface area contributed by atoms with Gasteiger partial charge in [0.05, 0.1) is 23.3 Å². The van der Waals surface area contributed by atoms with Crippen molar-refractivity contribution < 1.29 is 4.79 Å². The molecule has 1 aliphatic heterocycles. The Kier molecular flexibility index (Phi) is 4.24. The van der Waals surface area contributed by atoms with Crippen LogP contribution in [0.3, 0.4) is 0 Å². The number of aromatic nitrogens is 1. The first-order chi connectivity index (χ1) is 12.3. The number of para-hydroxylation sites is 1. The van der Waals surface area contributed by atoms with E-state index in [0.717, 1.165) is 28.6 Å². The quantitative estimate of drug-likeness (QED) is 0.667. The summed E-state index contributed by atoms with van der Waals surface area (Å²) in [4.78, 5) is 18.4. The van der Waals surface area contributed by atoms with Crippen LogP contribution in [0.4, 0.5) is 0 Å². The van der Waals surface area contributed by atoms with Gasteiger partial charge in [0.15, 0.2) is 0 Å². The molecule has 1 aliphatic rings. The van der Waals surface area contributed by atoms with E-state index in [1.165, 1.54) is 4.90 Å². The van der Waals surface area contributed by atoms with Crippen molar-refractivity contribution in [1.82, 2.24) is 9.99 Å². The van der Waals surface area contributed by atoms with Gasteiger partial charge in [-0.3, -0.25) is 9.78 Å². The molecule has 25 heavy (non-hydrogen) atoms. The van der Waals surface area contributed by atoms with Crippen molar-refractivity contribution in [3.8, 4) is 0 Å². The molecule has 2 heterocycles. The molecule has 124 valence electrons. The van der Waals surface area contributed by atoms with Gasteiger partial charge in [-0.15, -0.1) is 11.8 Å². The fourth-order valence-corrected chi connectivity index (χ4v) is 3.63. The molecule has 0 radical (unpaired) electrons. The van der Waals surface area contributed by atoms with Crippen molar-refractivity contribution in [2.45, 2.75) is 11.3 Å². The number of thioether (sulfide) groups is 1. The zero-order valence-corrected chi connectivity index (χ0v) is 14.7. The van der Waals surface area contributed by atoms with Gasteiger partial charge in [-0.1, -0.05) is 36.4 Å². The van der Waals surface area contributed by atoms with Crippen LogP contribution in [0.2, 0.25) is 0 Å². The molecule has 0 spiro atoms. The first kappa shape index (κ1) is 15.8. The smallest absolute Gasteiger partial charge is 0.267 e. The number of hydrogen-bond acceptors (Lipinski definition) is 4. The number of rotatable bonds is 3.